The molecule has 0 atom stereocenters. The van der Waals surface area contributed by atoms with E-state index in [-0.39, 0.29) is 5.82 Å². The van der Waals surface area contributed by atoms with Crippen molar-refractivity contribution in [3.8, 4) is 5.75 Å². The van der Waals surface area contributed by atoms with Crippen molar-refractivity contribution >= 4 is 0 Å². The summed E-state index contributed by atoms with van der Waals surface area (Å²) in [6.07, 6.45) is 1.04. The maximum absolute atomic E-state index is 13.5. The van der Waals surface area contributed by atoms with E-state index in [0.29, 0.717) is 30.4 Å². The van der Waals surface area contributed by atoms with Crippen molar-refractivity contribution in [3.63, 3.8) is 0 Å². The molecule has 1 aromatic carbocycles. The molecule has 1 aromatic rings. The molecule has 0 unspecified atom stereocenters. The van der Waals surface area contributed by atoms with E-state index < -0.39 is 0 Å². The zero-order valence-electron chi connectivity index (χ0n) is 10.8. The summed E-state index contributed by atoms with van der Waals surface area (Å²) in [4.78, 5) is 0. The van der Waals surface area contributed by atoms with Gasteiger partial charge in [0.1, 0.15) is 6.61 Å². The average Bonchev–Trinajstić information content (AvgIpc) is 2.28. The van der Waals surface area contributed by atoms with Crippen LogP contribution in [0.3, 0.4) is 0 Å². The van der Waals surface area contributed by atoms with E-state index in [2.05, 4.69) is 13.8 Å². The average molecular weight is 240 g/mol. The molecule has 0 N–H and O–H groups in total. The van der Waals surface area contributed by atoms with Crippen molar-refractivity contribution in [2.24, 2.45) is 5.92 Å². The van der Waals surface area contributed by atoms with Crippen LogP contribution in [0.25, 0.3) is 0 Å². The molecule has 0 aliphatic heterocycles. The number of benzene rings is 1. The second-order valence-corrected chi connectivity index (χ2v) is 4.53. The molecule has 0 aliphatic carbocycles. The summed E-state index contributed by atoms with van der Waals surface area (Å²) in [5.74, 6) is 0.664. The maximum atomic E-state index is 13.5. The van der Waals surface area contributed by atoms with Gasteiger partial charge in [0.05, 0.1) is 6.61 Å². The second-order valence-electron chi connectivity index (χ2n) is 4.53. The first-order chi connectivity index (χ1) is 8.11. The summed E-state index contributed by atoms with van der Waals surface area (Å²) in [7, 11) is 0. The van der Waals surface area contributed by atoms with E-state index in [1.807, 2.05) is 0 Å². The topological polar surface area (TPSA) is 18.5 Å². The summed E-state index contributed by atoms with van der Waals surface area (Å²) >= 11 is 0. The van der Waals surface area contributed by atoms with Crippen LogP contribution in [0.5, 0.6) is 5.75 Å². The number of aryl methyl sites for hydroxylation is 1. The number of hydrogen-bond acceptors (Lipinski definition) is 2. The SMILES string of the molecule is Cc1cccc(OCCOCCC(C)C)c1F. The first kappa shape index (κ1) is 14.0. The highest BCUT2D eigenvalue weighted by Gasteiger charge is 2.05. The third kappa shape index (κ3) is 5.18. The number of rotatable bonds is 7. The molecule has 0 spiro atoms. The zero-order chi connectivity index (χ0) is 12.7. The molecular formula is C14H21FO2. The van der Waals surface area contributed by atoms with Gasteiger partial charge in [0.15, 0.2) is 11.6 Å². The summed E-state index contributed by atoms with van der Waals surface area (Å²) in [5, 5.41) is 0. The maximum Gasteiger partial charge on any atom is 0.167 e. The Balaban J connectivity index is 2.20. The van der Waals surface area contributed by atoms with Gasteiger partial charge in [0.2, 0.25) is 0 Å². The lowest BCUT2D eigenvalue weighted by molar-refractivity contribution is 0.0913. The molecule has 0 heterocycles. The van der Waals surface area contributed by atoms with Gasteiger partial charge in [-0.2, -0.15) is 0 Å². The first-order valence-corrected chi connectivity index (χ1v) is 6.07. The quantitative estimate of drug-likeness (QED) is 0.678. The minimum Gasteiger partial charge on any atom is -0.488 e. The van der Waals surface area contributed by atoms with Crippen molar-refractivity contribution in [1.82, 2.24) is 0 Å². The summed E-state index contributed by atoms with van der Waals surface area (Å²) in [6, 6.07) is 5.14. The van der Waals surface area contributed by atoms with Crippen LogP contribution in [-0.2, 0) is 4.74 Å². The zero-order valence-corrected chi connectivity index (χ0v) is 10.8. The largest absolute Gasteiger partial charge is 0.488 e. The summed E-state index contributed by atoms with van der Waals surface area (Å²) in [6.45, 7) is 7.65. The predicted molar refractivity (Wildman–Crippen MR) is 66.9 cm³/mol. The Morgan fingerprint density at radius 3 is 2.65 bits per heavy atom. The van der Waals surface area contributed by atoms with Gasteiger partial charge in [-0.05, 0) is 30.9 Å². The van der Waals surface area contributed by atoms with Crippen molar-refractivity contribution in [1.29, 1.82) is 0 Å². The molecule has 3 heteroatoms. The van der Waals surface area contributed by atoms with Gasteiger partial charge in [-0.15, -0.1) is 0 Å². The lowest BCUT2D eigenvalue weighted by Crippen LogP contribution is -2.09. The molecule has 0 aliphatic rings. The fraction of sp³-hybridized carbons (Fsp3) is 0.571. The van der Waals surface area contributed by atoms with Gasteiger partial charge >= 0.3 is 0 Å². The molecule has 1 rings (SSSR count). The van der Waals surface area contributed by atoms with Crippen LogP contribution in [0.15, 0.2) is 18.2 Å². The van der Waals surface area contributed by atoms with Crippen molar-refractivity contribution in [3.05, 3.63) is 29.6 Å². The minimum absolute atomic E-state index is 0.283. The van der Waals surface area contributed by atoms with Gasteiger partial charge in [0, 0.05) is 6.61 Å². The standard InChI is InChI=1S/C14H21FO2/c1-11(2)7-8-16-9-10-17-13-6-4-5-12(3)14(13)15/h4-6,11H,7-10H2,1-3H3. The Morgan fingerprint density at radius 1 is 1.18 bits per heavy atom. The highest BCUT2D eigenvalue weighted by Crippen LogP contribution is 2.19. The van der Waals surface area contributed by atoms with E-state index in [1.165, 1.54) is 0 Å². The highest BCUT2D eigenvalue weighted by atomic mass is 19.1. The number of ether oxygens (including phenoxy) is 2. The Kier molecular flexibility index (Phi) is 5.98. The molecule has 0 bridgehead atoms. The Labute approximate surface area is 103 Å². The molecule has 17 heavy (non-hydrogen) atoms. The number of halogens is 1. The van der Waals surface area contributed by atoms with Gasteiger partial charge in [-0.1, -0.05) is 26.0 Å². The van der Waals surface area contributed by atoms with Crippen molar-refractivity contribution in [2.75, 3.05) is 19.8 Å². The molecule has 0 amide bonds. The van der Waals surface area contributed by atoms with Crippen LogP contribution in [0.1, 0.15) is 25.8 Å². The normalized spacial score (nSPS) is 10.9. The Bertz CT molecular complexity index is 337. The fourth-order valence-corrected chi connectivity index (χ4v) is 1.36. The highest BCUT2D eigenvalue weighted by molar-refractivity contribution is 5.29. The first-order valence-electron chi connectivity index (χ1n) is 6.07. The predicted octanol–water partition coefficient (Wildman–Crippen LogP) is 3.58. The van der Waals surface area contributed by atoms with E-state index >= 15 is 0 Å². The van der Waals surface area contributed by atoms with Crippen LogP contribution in [0.2, 0.25) is 0 Å². The molecule has 0 aromatic heterocycles. The lowest BCUT2D eigenvalue weighted by Gasteiger charge is -2.09. The Morgan fingerprint density at radius 2 is 1.94 bits per heavy atom. The van der Waals surface area contributed by atoms with Gasteiger partial charge in [-0.25, -0.2) is 4.39 Å². The molecule has 0 fully saturated rings. The molecular weight excluding hydrogens is 219 g/mol. The van der Waals surface area contributed by atoms with Crippen LogP contribution < -0.4 is 4.74 Å². The van der Waals surface area contributed by atoms with Gasteiger partial charge < -0.3 is 9.47 Å². The second kappa shape index (κ2) is 7.28. The summed E-state index contributed by atoms with van der Waals surface area (Å²) < 4.78 is 24.2. The van der Waals surface area contributed by atoms with Crippen LogP contribution in [0, 0.1) is 18.7 Å². The monoisotopic (exact) mass is 240 g/mol. The van der Waals surface area contributed by atoms with Crippen LogP contribution in [-0.4, -0.2) is 19.8 Å². The van der Waals surface area contributed by atoms with E-state index in [1.54, 1.807) is 25.1 Å². The van der Waals surface area contributed by atoms with E-state index in [0.717, 1.165) is 13.0 Å². The van der Waals surface area contributed by atoms with Crippen LogP contribution >= 0.6 is 0 Å². The minimum atomic E-state index is -0.283. The van der Waals surface area contributed by atoms with Crippen LogP contribution in [0.4, 0.5) is 4.39 Å². The molecule has 96 valence electrons. The lowest BCUT2D eigenvalue weighted by atomic mass is 10.1. The van der Waals surface area contributed by atoms with E-state index in [4.69, 9.17) is 9.47 Å². The molecule has 0 saturated carbocycles. The summed E-state index contributed by atoms with van der Waals surface area (Å²) in [5.41, 5.74) is 0.600. The van der Waals surface area contributed by atoms with Gasteiger partial charge in [0.25, 0.3) is 0 Å². The van der Waals surface area contributed by atoms with Crippen molar-refractivity contribution in [2.45, 2.75) is 27.2 Å². The fourth-order valence-electron chi connectivity index (χ4n) is 1.36. The molecule has 0 radical (unpaired) electrons. The third-order valence-electron chi connectivity index (χ3n) is 2.48. The Hall–Kier alpha value is -1.09. The van der Waals surface area contributed by atoms with Gasteiger partial charge in [-0.3, -0.25) is 0 Å². The smallest absolute Gasteiger partial charge is 0.167 e. The van der Waals surface area contributed by atoms with Crippen molar-refractivity contribution < 1.29 is 13.9 Å². The third-order valence-corrected chi connectivity index (χ3v) is 2.48. The molecule has 2 nitrogen and oxygen atoms in total. The molecule has 0 saturated heterocycles. The number of hydrogen-bond donors (Lipinski definition) is 0. The van der Waals surface area contributed by atoms with E-state index in [9.17, 15) is 4.39 Å².